The fourth-order valence-electron chi connectivity index (χ4n) is 10.8. The van der Waals surface area contributed by atoms with Crippen LogP contribution in [0.1, 0.15) is 348 Å². The number of esters is 2. The Bertz CT molecular complexity index is 1660. The van der Waals surface area contributed by atoms with Crippen molar-refractivity contribution in [3.63, 3.8) is 0 Å². The van der Waals surface area contributed by atoms with Crippen molar-refractivity contribution in [2.24, 2.45) is 0 Å². The molecule has 0 aliphatic heterocycles. The van der Waals surface area contributed by atoms with E-state index in [1.165, 1.54) is 238 Å². The lowest BCUT2D eigenvalue weighted by Gasteiger charge is -2.25. The SMILES string of the molecule is CC/C=C\C/C=C\C/C=C\C/C=C\C/C=C\C/C=C\CCCCCCCCCCCCCCC(=O)OC(COC(=O)CCCCCCCCCCCCCCCCCCCCCCCCCCCCCCCCC)COC(OCC[N+](C)(C)C)C(=O)O. The standard InChI is InChI=1S/C78H141NO8/c1-6-8-10-12-14-16-18-20-22-24-26-28-30-32-34-36-38-40-42-44-46-48-50-52-54-56-58-60-62-64-66-68-75(80)85-72-74(73-86-78(77(82)83)84-71-70-79(3,4)5)87-76(81)69-67-65-63-61-59-57-55-53-51-49-47-45-43-41-39-37-35-33-31-29-27-25-23-21-19-17-15-13-11-9-7-2/h9,11,15,17,21,23,27,29,33,35,39,41,74,78H,6-8,10,12-14,16,18-20,22,24-26,28,30-32,34,36-38,40,42-73H2,1-5H3/p+1/b11-9-,17-15-,23-21-,29-27-,35-33-,41-39-. The Morgan fingerprint density at radius 3 is 0.977 bits per heavy atom. The minimum Gasteiger partial charge on any atom is -0.477 e. The molecule has 2 atom stereocenters. The Kier molecular flexibility index (Phi) is 66.1. The van der Waals surface area contributed by atoms with Crippen LogP contribution in [0.3, 0.4) is 0 Å². The summed E-state index contributed by atoms with van der Waals surface area (Å²) >= 11 is 0. The van der Waals surface area contributed by atoms with E-state index in [9.17, 15) is 19.5 Å². The predicted molar refractivity (Wildman–Crippen MR) is 373 cm³/mol. The van der Waals surface area contributed by atoms with E-state index >= 15 is 0 Å². The van der Waals surface area contributed by atoms with Gasteiger partial charge in [-0.25, -0.2) is 4.79 Å². The van der Waals surface area contributed by atoms with Gasteiger partial charge in [0.15, 0.2) is 6.10 Å². The van der Waals surface area contributed by atoms with Crippen LogP contribution in [0.15, 0.2) is 72.9 Å². The summed E-state index contributed by atoms with van der Waals surface area (Å²) in [5.74, 6) is -1.99. The topological polar surface area (TPSA) is 108 Å². The van der Waals surface area contributed by atoms with Crippen molar-refractivity contribution >= 4 is 17.9 Å². The summed E-state index contributed by atoms with van der Waals surface area (Å²) in [7, 11) is 5.99. The molecule has 1 N–H and O–H groups in total. The highest BCUT2D eigenvalue weighted by atomic mass is 16.7. The summed E-state index contributed by atoms with van der Waals surface area (Å²) < 4.78 is 23.0. The molecule has 9 heteroatoms. The van der Waals surface area contributed by atoms with Crippen LogP contribution < -0.4 is 0 Å². The first-order valence-electron chi connectivity index (χ1n) is 37.1. The Balaban J connectivity index is 4.06. The van der Waals surface area contributed by atoms with E-state index in [1.807, 2.05) is 21.1 Å². The number of ether oxygens (including phenoxy) is 4. The number of rotatable bonds is 69. The zero-order valence-electron chi connectivity index (χ0n) is 57.9. The highest BCUT2D eigenvalue weighted by Gasteiger charge is 2.25. The number of likely N-dealkylation sites (N-methyl/N-ethyl adjacent to an activating group) is 1. The fraction of sp³-hybridized carbons (Fsp3) is 0.808. The average molecular weight is 1220 g/mol. The van der Waals surface area contributed by atoms with E-state index in [1.54, 1.807) is 0 Å². The highest BCUT2D eigenvalue weighted by molar-refractivity contribution is 5.71. The van der Waals surface area contributed by atoms with Gasteiger partial charge in [-0.1, -0.05) is 344 Å². The van der Waals surface area contributed by atoms with Crippen LogP contribution in [-0.2, 0) is 33.3 Å². The van der Waals surface area contributed by atoms with Crippen molar-refractivity contribution in [3.05, 3.63) is 72.9 Å². The molecule has 0 spiro atoms. The third kappa shape index (κ3) is 70.1. The number of carbonyl (C=O) groups excluding carboxylic acids is 2. The van der Waals surface area contributed by atoms with E-state index in [2.05, 4.69) is 86.8 Å². The zero-order chi connectivity index (χ0) is 63.3. The summed E-state index contributed by atoms with van der Waals surface area (Å²) in [6, 6.07) is 0. The zero-order valence-corrected chi connectivity index (χ0v) is 57.9. The number of aliphatic carboxylic acids is 1. The molecule has 0 aliphatic rings. The van der Waals surface area contributed by atoms with Crippen molar-refractivity contribution in [1.82, 2.24) is 0 Å². The normalized spacial score (nSPS) is 13.1. The second-order valence-electron chi connectivity index (χ2n) is 26.2. The Morgan fingerprint density at radius 2 is 0.655 bits per heavy atom. The summed E-state index contributed by atoms with van der Waals surface area (Å²) in [5, 5.41) is 9.76. The number of carboxylic acid groups (broad SMARTS) is 1. The maximum absolute atomic E-state index is 13.0. The quantitative estimate of drug-likeness (QED) is 0.0211. The minimum atomic E-state index is -1.51. The van der Waals surface area contributed by atoms with E-state index in [0.29, 0.717) is 17.4 Å². The van der Waals surface area contributed by atoms with Crippen molar-refractivity contribution in [2.45, 2.75) is 360 Å². The molecule has 0 heterocycles. The van der Waals surface area contributed by atoms with Crippen molar-refractivity contribution < 1.29 is 42.9 Å². The van der Waals surface area contributed by atoms with E-state index in [0.717, 1.165) is 83.5 Å². The van der Waals surface area contributed by atoms with Gasteiger partial charge in [0, 0.05) is 12.8 Å². The van der Waals surface area contributed by atoms with Gasteiger partial charge in [-0.15, -0.1) is 0 Å². The number of carbonyl (C=O) groups is 3. The largest absolute Gasteiger partial charge is 0.477 e. The number of nitrogens with zero attached hydrogens (tertiary/aromatic N) is 1. The average Bonchev–Trinajstić information content (AvgIpc) is 3.56. The lowest BCUT2D eigenvalue weighted by atomic mass is 10.0. The molecular formula is C78H142NO8+. The Morgan fingerprint density at radius 1 is 0.356 bits per heavy atom. The van der Waals surface area contributed by atoms with Crippen LogP contribution in [0.25, 0.3) is 0 Å². The first kappa shape index (κ1) is 83.7. The van der Waals surface area contributed by atoms with Crippen LogP contribution in [0.4, 0.5) is 0 Å². The molecule has 0 saturated heterocycles. The van der Waals surface area contributed by atoms with Gasteiger partial charge in [0.25, 0.3) is 6.29 Å². The smallest absolute Gasteiger partial charge is 0.361 e. The first-order valence-corrected chi connectivity index (χ1v) is 37.1. The van der Waals surface area contributed by atoms with Crippen molar-refractivity contribution in [3.8, 4) is 0 Å². The molecule has 0 amide bonds. The molecule has 0 aromatic carbocycles. The minimum absolute atomic E-state index is 0.181. The van der Waals surface area contributed by atoms with Crippen LogP contribution in [0.2, 0.25) is 0 Å². The van der Waals surface area contributed by atoms with Crippen molar-refractivity contribution in [1.29, 1.82) is 0 Å². The fourth-order valence-corrected chi connectivity index (χ4v) is 10.8. The van der Waals surface area contributed by atoms with Crippen LogP contribution in [0.5, 0.6) is 0 Å². The molecule has 0 radical (unpaired) electrons. The lowest BCUT2D eigenvalue weighted by Crippen LogP contribution is -2.40. The molecule has 0 aromatic heterocycles. The van der Waals surface area contributed by atoms with Gasteiger partial charge in [-0.3, -0.25) is 9.59 Å². The monoisotopic (exact) mass is 1220 g/mol. The number of hydrogen-bond donors (Lipinski definition) is 1. The van der Waals surface area contributed by atoms with Crippen LogP contribution in [-0.4, -0.2) is 87.4 Å². The Labute approximate surface area is 538 Å². The molecule has 0 bridgehead atoms. The molecule has 2 unspecified atom stereocenters. The number of carboxylic acids is 1. The maximum Gasteiger partial charge on any atom is 0.361 e. The van der Waals surface area contributed by atoms with Crippen molar-refractivity contribution in [2.75, 3.05) is 47.5 Å². The molecule has 87 heavy (non-hydrogen) atoms. The van der Waals surface area contributed by atoms with Gasteiger partial charge in [-0.2, -0.15) is 0 Å². The van der Waals surface area contributed by atoms with E-state index < -0.39 is 24.3 Å². The summed E-state index contributed by atoms with van der Waals surface area (Å²) in [4.78, 5) is 37.7. The second-order valence-corrected chi connectivity index (χ2v) is 26.2. The number of unbranched alkanes of at least 4 members (excludes halogenated alkanes) is 42. The molecule has 9 nitrogen and oxygen atoms in total. The number of hydrogen-bond acceptors (Lipinski definition) is 7. The number of quaternary nitrogens is 1. The van der Waals surface area contributed by atoms with Gasteiger partial charge in [-0.05, 0) is 64.2 Å². The molecule has 0 aromatic rings. The number of allylic oxidation sites excluding steroid dienone is 12. The molecular weight excluding hydrogens is 1080 g/mol. The highest BCUT2D eigenvalue weighted by Crippen LogP contribution is 2.19. The Hall–Kier alpha value is -3.27. The van der Waals surface area contributed by atoms with Gasteiger partial charge in [0.05, 0.1) is 34.4 Å². The summed E-state index contributed by atoms with van der Waals surface area (Å²) in [6.45, 7) is 4.82. The van der Waals surface area contributed by atoms with Gasteiger partial charge in [0.2, 0.25) is 0 Å². The first-order chi connectivity index (χ1) is 42.6. The maximum atomic E-state index is 13.0. The summed E-state index contributed by atoms with van der Waals surface area (Å²) in [5.41, 5.74) is 0. The van der Waals surface area contributed by atoms with E-state index in [4.69, 9.17) is 18.9 Å². The predicted octanol–water partition coefficient (Wildman–Crippen LogP) is 23.3. The molecule has 0 aliphatic carbocycles. The third-order valence-corrected chi connectivity index (χ3v) is 16.5. The molecule has 0 rings (SSSR count). The second kappa shape index (κ2) is 68.6. The van der Waals surface area contributed by atoms with Crippen LogP contribution in [0, 0.1) is 0 Å². The lowest BCUT2D eigenvalue weighted by molar-refractivity contribution is -0.870. The third-order valence-electron chi connectivity index (χ3n) is 16.5. The van der Waals surface area contributed by atoms with Gasteiger partial charge in [0.1, 0.15) is 13.2 Å². The van der Waals surface area contributed by atoms with Gasteiger partial charge < -0.3 is 28.5 Å². The molecule has 0 saturated carbocycles. The summed E-state index contributed by atoms with van der Waals surface area (Å²) in [6.07, 6.45) is 88.9. The van der Waals surface area contributed by atoms with E-state index in [-0.39, 0.29) is 32.2 Å². The van der Waals surface area contributed by atoms with Crippen LogP contribution >= 0.6 is 0 Å². The molecule has 0 fully saturated rings. The molecule has 506 valence electrons. The van der Waals surface area contributed by atoms with Gasteiger partial charge >= 0.3 is 17.9 Å².